The summed E-state index contributed by atoms with van der Waals surface area (Å²) in [6.45, 7) is 0. The van der Waals surface area contributed by atoms with E-state index in [0.717, 1.165) is 19.3 Å². The van der Waals surface area contributed by atoms with E-state index in [-0.39, 0.29) is 17.4 Å². The van der Waals surface area contributed by atoms with Crippen molar-refractivity contribution in [3.05, 3.63) is 23.8 Å². The number of benzene rings is 1. The molecule has 0 bridgehead atoms. The molecule has 1 amide bonds. The number of anilines is 2. The summed E-state index contributed by atoms with van der Waals surface area (Å²) in [5.41, 5.74) is 6.80. The quantitative estimate of drug-likeness (QED) is 0.798. The van der Waals surface area contributed by atoms with Crippen molar-refractivity contribution in [1.29, 1.82) is 0 Å². The van der Waals surface area contributed by atoms with Crippen molar-refractivity contribution in [2.45, 2.75) is 19.3 Å². The molecule has 0 unspecified atom stereocenters. The van der Waals surface area contributed by atoms with Gasteiger partial charge in [-0.05, 0) is 31.0 Å². The first-order chi connectivity index (χ1) is 8.50. The number of aromatic carboxylic acids is 1. The van der Waals surface area contributed by atoms with Crippen LogP contribution in [-0.2, 0) is 4.79 Å². The first kappa shape index (κ1) is 12.4. The number of carbonyl (C=O) groups is 2. The Balaban J connectivity index is 2.22. The maximum Gasteiger partial charge on any atom is 0.335 e. The topological polar surface area (TPSA) is 83.6 Å². The van der Waals surface area contributed by atoms with Crippen LogP contribution in [0.1, 0.15) is 29.6 Å². The van der Waals surface area contributed by atoms with Crippen LogP contribution >= 0.6 is 0 Å². The van der Waals surface area contributed by atoms with E-state index in [0.29, 0.717) is 11.4 Å². The zero-order valence-corrected chi connectivity index (χ0v) is 10.2. The molecule has 3 N–H and O–H groups in total. The van der Waals surface area contributed by atoms with Crippen LogP contribution in [0.4, 0.5) is 11.4 Å². The molecule has 0 atom stereocenters. The number of nitrogens with zero attached hydrogens (tertiary/aromatic N) is 1. The summed E-state index contributed by atoms with van der Waals surface area (Å²) in [4.78, 5) is 24.4. The highest BCUT2D eigenvalue weighted by Crippen LogP contribution is 2.31. The SMILES string of the molecule is CN(C(=O)C1CCC1)c1ccc(C(=O)O)cc1N. The molecule has 0 aliphatic heterocycles. The molecule has 18 heavy (non-hydrogen) atoms. The lowest BCUT2D eigenvalue weighted by molar-refractivity contribution is -0.124. The number of nitrogens with two attached hydrogens (primary N) is 1. The Hall–Kier alpha value is -2.04. The van der Waals surface area contributed by atoms with E-state index in [2.05, 4.69) is 0 Å². The number of amides is 1. The summed E-state index contributed by atoms with van der Waals surface area (Å²) in [5.74, 6) is -0.884. The van der Waals surface area contributed by atoms with Crippen LogP contribution in [0.2, 0.25) is 0 Å². The smallest absolute Gasteiger partial charge is 0.335 e. The minimum Gasteiger partial charge on any atom is -0.478 e. The van der Waals surface area contributed by atoms with Crippen molar-refractivity contribution >= 4 is 23.3 Å². The second-order valence-electron chi connectivity index (χ2n) is 4.60. The van der Waals surface area contributed by atoms with Gasteiger partial charge in [-0.3, -0.25) is 4.79 Å². The van der Waals surface area contributed by atoms with Crippen LogP contribution in [0.15, 0.2) is 18.2 Å². The van der Waals surface area contributed by atoms with E-state index in [4.69, 9.17) is 10.8 Å². The number of hydrogen-bond acceptors (Lipinski definition) is 3. The van der Waals surface area contributed by atoms with Gasteiger partial charge in [-0.15, -0.1) is 0 Å². The lowest BCUT2D eigenvalue weighted by Crippen LogP contribution is -2.36. The zero-order chi connectivity index (χ0) is 13.3. The van der Waals surface area contributed by atoms with Gasteiger partial charge in [0.05, 0.1) is 16.9 Å². The van der Waals surface area contributed by atoms with Crippen molar-refractivity contribution < 1.29 is 14.7 Å². The maximum absolute atomic E-state index is 12.1. The summed E-state index contributed by atoms with van der Waals surface area (Å²) in [5, 5.41) is 8.85. The highest BCUT2D eigenvalue weighted by atomic mass is 16.4. The monoisotopic (exact) mass is 248 g/mol. The summed E-state index contributed by atoms with van der Waals surface area (Å²) < 4.78 is 0. The van der Waals surface area contributed by atoms with Gasteiger partial charge in [0.2, 0.25) is 5.91 Å². The number of carboxylic acid groups (broad SMARTS) is 1. The summed E-state index contributed by atoms with van der Waals surface area (Å²) in [6.07, 6.45) is 2.95. The van der Waals surface area contributed by atoms with Crippen molar-refractivity contribution in [2.75, 3.05) is 17.7 Å². The van der Waals surface area contributed by atoms with Gasteiger partial charge in [0.15, 0.2) is 0 Å². The first-order valence-corrected chi connectivity index (χ1v) is 5.91. The predicted molar refractivity (Wildman–Crippen MR) is 68.6 cm³/mol. The summed E-state index contributed by atoms with van der Waals surface area (Å²) >= 11 is 0. The van der Waals surface area contributed by atoms with Crippen molar-refractivity contribution in [3.8, 4) is 0 Å². The van der Waals surface area contributed by atoms with Gasteiger partial charge >= 0.3 is 5.97 Å². The number of hydrogen-bond donors (Lipinski definition) is 2. The molecule has 5 nitrogen and oxygen atoms in total. The molecule has 1 saturated carbocycles. The van der Waals surface area contributed by atoms with Crippen LogP contribution in [0.5, 0.6) is 0 Å². The Morgan fingerprint density at radius 3 is 2.50 bits per heavy atom. The standard InChI is InChI=1S/C13H16N2O3/c1-15(12(16)8-3-2-4-8)11-6-5-9(13(17)18)7-10(11)14/h5-8H,2-4,14H2,1H3,(H,17,18). The average Bonchev–Trinajstić information content (AvgIpc) is 2.25. The van der Waals surface area contributed by atoms with Crippen molar-refractivity contribution in [2.24, 2.45) is 5.92 Å². The Labute approximate surface area is 105 Å². The normalized spacial score (nSPS) is 14.9. The lowest BCUT2D eigenvalue weighted by Gasteiger charge is -2.29. The highest BCUT2D eigenvalue weighted by Gasteiger charge is 2.29. The third-order valence-corrected chi connectivity index (χ3v) is 3.42. The van der Waals surface area contributed by atoms with Gasteiger partial charge in [0, 0.05) is 13.0 Å². The predicted octanol–water partition coefficient (Wildman–Crippen LogP) is 1.73. The van der Waals surface area contributed by atoms with E-state index < -0.39 is 5.97 Å². The summed E-state index contributed by atoms with van der Waals surface area (Å²) in [7, 11) is 1.67. The Bertz CT molecular complexity index is 495. The molecule has 0 spiro atoms. The Morgan fingerprint density at radius 2 is 2.06 bits per heavy atom. The first-order valence-electron chi connectivity index (χ1n) is 5.91. The van der Waals surface area contributed by atoms with Gasteiger partial charge in [-0.1, -0.05) is 6.42 Å². The van der Waals surface area contributed by atoms with Crippen LogP contribution in [0.25, 0.3) is 0 Å². The molecule has 1 aliphatic carbocycles. The zero-order valence-electron chi connectivity index (χ0n) is 10.2. The van der Waals surface area contributed by atoms with Gasteiger partial charge < -0.3 is 15.7 Å². The van der Waals surface area contributed by atoms with E-state index >= 15 is 0 Å². The molecule has 1 aliphatic rings. The molecular weight excluding hydrogens is 232 g/mol. The fourth-order valence-electron chi connectivity index (χ4n) is 2.04. The largest absolute Gasteiger partial charge is 0.478 e. The second-order valence-corrected chi connectivity index (χ2v) is 4.60. The van der Waals surface area contributed by atoms with Gasteiger partial charge in [-0.25, -0.2) is 4.79 Å². The van der Waals surface area contributed by atoms with Crippen molar-refractivity contribution in [3.63, 3.8) is 0 Å². The molecule has 2 rings (SSSR count). The van der Waals surface area contributed by atoms with Gasteiger partial charge in [0.25, 0.3) is 0 Å². The van der Waals surface area contributed by atoms with Gasteiger partial charge in [-0.2, -0.15) is 0 Å². The summed E-state index contributed by atoms with van der Waals surface area (Å²) in [6, 6.07) is 4.41. The van der Waals surface area contributed by atoms with Crippen LogP contribution in [0, 0.1) is 5.92 Å². The minimum absolute atomic E-state index is 0.0519. The molecule has 1 aromatic carbocycles. The number of nitrogen functional groups attached to an aromatic ring is 1. The molecule has 0 heterocycles. The van der Waals surface area contributed by atoms with Crippen LogP contribution < -0.4 is 10.6 Å². The molecule has 1 aromatic rings. The number of carboxylic acids is 1. The fourth-order valence-corrected chi connectivity index (χ4v) is 2.04. The molecule has 96 valence electrons. The van der Waals surface area contributed by atoms with Crippen LogP contribution in [-0.4, -0.2) is 24.0 Å². The molecule has 0 radical (unpaired) electrons. The Morgan fingerprint density at radius 1 is 1.39 bits per heavy atom. The third-order valence-electron chi connectivity index (χ3n) is 3.42. The van der Waals surface area contributed by atoms with E-state index in [1.165, 1.54) is 17.0 Å². The fraction of sp³-hybridized carbons (Fsp3) is 0.385. The van der Waals surface area contributed by atoms with E-state index in [9.17, 15) is 9.59 Å². The van der Waals surface area contributed by atoms with Crippen molar-refractivity contribution in [1.82, 2.24) is 0 Å². The Kier molecular flexibility index (Phi) is 3.23. The van der Waals surface area contributed by atoms with Crippen LogP contribution in [0.3, 0.4) is 0 Å². The molecule has 0 saturated heterocycles. The third kappa shape index (κ3) is 2.16. The maximum atomic E-state index is 12.1. The minimum atomic E-state index is -1.03. The number of carbonyl (C=O) groups excluding carboxylic acids is 1. The molecule has 1 fully saturated rings. The highest BCUT2D eigenvalue weighted by molar-refractivity contribution is 5.99. The van der Waals surface area contributed by atoms with E-state index in [1.54, 1.807) is 13.1 Å². The molecule has 0 aromatic heterocycles. The lowest BCUT2D eigenvalue weighted by atomic mass is 9.84. The molecular formula is C13H16N2O3. The average molecular weight is 248 g/mol. The molecule has 5 heteroatoms. The van der Waals surface area contributed by atoms with E-state index in [1.807, 2.05) is 0 Å². The second kappa shape index (κ2) is 4.68. The van der Waals surface area contributed by atoms with Gasteiger partial charge in [0.1, 0.15) is 0 Å². The number of rotatable bonds is 3.